The summed E-state index contributed by atoms with van der Waals surface area (Å²) in [4.78, 5) is 0. The first-order valence-corrected chi connectivity index (χ1v) is 7.73. The number of benzene rings is 1. The average molecular weight is 491 g/mol. The maximum atomic E-state index is 6.12. The van der Waals surface area contributed by atoms with Gasteiger partial charge in [-0.25, -0.2) is 0 Å². The van der Waals surface area contributed by atoms with Gasteiger partial charge in [-0.3, -0.25) is 0 Å². The Morgan fingerprint density at radius 3 is 2.65 bits per heavy atom. The van der Waals surface area contributed by atoms with Gasteiger partial charge in [0.1, 0.15) is 5.76 Å². The standard InChI is InChI=1S/C11H7Br2ClINO/c12-8-4-7(17-11(8)13)5-16-10-2-1-6(15)3-9(10)14/h1-4,16H,5H2. The molecule has 0 amide bonds. The van der Waals surface area contributed by atoms with Crippen molar-refractivity contribution in [1.29, 1.82) is 0 Å². The molecule has 0 aliphatic carbocycles. The Balaban J connectivity index is 2.07. The van der Waals surface area contributed by atoms with Crippen molar-refractivity contribution in [3.8, 4) is 0 Å². The fourth-order valence-corrected chi connectivity index (χ4v) is 2.87. The van der Waals surface area contributed by atoms with Crippen molar-refractivity contribution in [3.05, 3.63) is 47.8 Å². The lowest BCUT2D eigenvalue weighted by Crippen LogP contribution is -1.98. The highest BCUT2D eigenvalue weighted by Crippen LogP contribution is 2.28. The Bertz CT molecular complexity index is 525. The van der Waals surface area contributed by atoms with Gasteiger partial charge in [-0.15, -0.1) is 0 Å². The van der Waals surface area contributed by atoms with Crippen LogP contribution >= 0.6 is 66.1 Å². The number of anilines is 1. The molecule has 0 unspecified atom stereocenters. The third-order valence-electron chi connectivity index (χ3n) is 2.08. The van der Waals surface area contributed by atoms with Gasteiger partial charge >= 0.3 is 0 Å². The minimum atomic E-state index is 0.588. The van der Waals surface area contributed by atoms with Crippen molar-refractivity contribution >= 4 is 71.7 Å². The molecule has 2 rings (SSSR count). The summed E-state index contributed by atoms with van der Waals surface area (Å²) in [6.45, 7) is 0.588. The molecule has 0 aliphatic rings. The monoisotopic (exact) mass is 489 g/mol. The van der Waals surface area contributed by atoms with E-state index in [1.807, 2.05) is 24.3 Å². The van der Waals surface area contributed by atoms with Gasteiger partial charge < -0.3 is 9.73 Å². The predicted molar refractivity (Wildman–Crippen MR) is 85.6 cm³/mol. The van der Waals surface area contributed by atoms with Gasteiger partial charge in [0.05, 0.1) is 21.7 Å². The van der Waals surface area contributed by atoms with E-state index >= 15 is 0 Å². The average Bonchev–Trinajstić information content (AvgIpc) is 2.57. The SMILES string of the molecule is Clc1cc(I)ccc1NCc1cc(Br)c(Br)o1. The molecular weight excluding hydrogens is 484 g/mol. The molecule has 0 radical (unpaired) electrons. The molecule has 90 valence electrons. The van der Waals surface area contributed by atoms with Crippen LogP contribution in [0.15, 0.2) is 37.8 Å². The maximum Gasteiger partial charge on any atom is 0.183 e. The van der Waals surface area contributed by atoms with E-state index in [4.69, 9.17) is 16.0 Å². The Hall–Kier alpha value is 0.280. The van der Waals surface area contributed by atoms with E-state index in [9.17, 15) is 0 Å². The smallest absolute Gasteiger partial charge is 0.183 e. The van der Waals surface area contributed by atoms with Gasteiger partial charge in [0, 0.05) is 3.57 Å². The van der Waals surface area contributed by atoms with Crippen molar-refractivity contribution in [2.45, 2.75) is 6.54 Å². The van der Waals surface area contributed by atoms with Crippen LogP contribution in [-0.4, -0.2) is 0 Å². The fourth-order valence-electron chi connectivity index (χ4n) is 1.29. The second-order valence-electron chi connectivity index (χ2n) is 3.31. The Kier molecular flexibility index (Phi) is 4.80. The number of hydrogen-bond donors (Lipinski definition) is 1. The number of hydrogen-bond acceptors (Lipinski definition) is 2. The molecule has 17 heavy (non-hydrogen) atoms. The predicted octanol–water partition coefficient (Wildman–Crippen LogP) is 5.67. The van der Waals surface area contributed by atoms with Gasteiger partial charge in [-0.05, 0) is 78.7 Å². The van der Waals surface area contributed by atoms with E-state index in [1.165, 1.54) is 0 Å². The zero-order valence-electron chi connectivity index (χ0n) is 8.44. The van der Waals surface area contributed by atoms with Gasteiger partial charge in [-0.1, -0.05) is 11.6 Å². The van der Waals surface area contributed by atoms with Crippen LogP contribution in [0, 0.1) is 3.57 Å². The van der Waals surface area contributed by atoms with Crippen LogP contribution in [0.3, 0.4) is 0 Å². The molecule has 2 aromatic rings. The lowest BCUT2D eigenvalue weighted by molar-refractivity contribution is 0.494. The molecule has 0 atom stereocenters. The first-order chi connectivity index (χ1) is 8.06. The quantitative estimate of drug-likeness (QED) is 0.560. The van der Waals surface area contributed by atoms with Gasteiger partial charge in [0.25, 0.3) is 0 Å². The van der Waals surface area contributed by atoms with Crippen molar-refractivity contribution in [1.82, 2.24) is 0 Å². The van der Waals surface area contributed by atoms with Crippen molar-refractivity contribution in [3.63, 3.8) is 0 Å². The number of furan rings is 1. The normalized spacial score (nSPS) is 10.6. The Morgan fingerprint density at radius 2 is 2.06 bits per heavy atom. The highest BCUT2D eigenvalue weighted by molar-refractivity contribution is 14.1. The number of rotatable bonds is 3. The van der Waals surface area contributed by atoms with Crippen LogP contribution in [0.25, 0.3) is 0 Å². The van der Waals surface area contributed by atoms with Crippen LogP contribution in [0.5, 0.6) is 0 Å². The summed E-state index contributed by atoms with van der Waals surface area (Å²) in [6.07, 6.45) is 0. The summed E-state index contributed by atoms with van der Waals surface area (Å²) in [6, 6.07) is 7.79. The molecule has 1 aromatic carbocycles. The first kappa shape index (κ1) is 13.7. The second kappa shape index (κ2) is 5.95. The zero-order chi connectivity index (χ0) is 12.4. The van der Waals surface area contributed by atoms with Crippen molar-refractivity contribution < 1.29 is 4.42 Å². The van der Waals surface area contributed by atoms with E-state index < -0.39 is 0 Å². The third kappa shape index (κ3) is 3.62. The molecule has 0 fully saturated rings. The van der Waals surface area contributed by atoms with E-state index in [0.29, 0.717) is 16.2 Å². The minimum absolute atomic E-state index is 0.588. The molecular formula is C11H7Br2ClINO. The van der Waals surface area contributed by atoms with E-state index in [0.717, 1.165) is 19.5 Å². The summed E-state index contributed by atoms with van der Waals surface area (Å²) < 4.78 is 8.18. The molecule has 1 aromatic heterocycles. The lowest BCUT2D eigenvalue weighted by Gasteiger charge is -2.06. The highest BCUT2D eigenvalue weighted by atomic mass is 127. The summed E-state index contributed by atoms with van der Waals surface area (Å²) in [5, 5.41) is 3.94. The van der Waals surface area contributed by atoms with Crippen LogP contribution in [-0.2, 0) is 6.54 Å². The second-order valence-corrected chi connectivity index (χ2v) is 6.54. The number of halogens is 4. The molecule has 2 nitrogen and oxygen atoms in total. The van der Waals surface area contributed by atoms with E-state index in [2.05, 4.69) is 59.8 Å². The molecule has 0 saturated carbocycles. The zero-order valence-corrected chi connectivity index (χ0v) is 14.5. The summed E-state index contributed by atoms with van der Waals surface area (Å²) in [5.74, 6) is 0.832. The Morgan fingerprint density at radius 1 is 1.29 bits per heavy atom. The summed E-state index contributed by atoms with van der Waals surface area (Å²) in [5.41, 5.74) is 0.899. The topological polar surface area (TPSA) is 25.2 Å². The molecule has 0 bridgehead atoms. The minimum Gasteiger partial charge on any atom is -0.451 e. The van der Waals surface area contributed by atoms with Gasteiger partial charge in [0.2, 0.25) is 0 Å². The first-order valence-electron chi connectivity index (χ1n) is 4.69. The summed E-state index contributed by atoms with van der Waals surface area (Å²) in [7, 11) is 0. The van der Waals surface area contributed by atoms with Gasteiger partial charge in [-0.2, -0.15) is 0 Å². The summed E-state index contributed by atoms with van der Waals surface area (Å²) >= 11 is 15.0. The third-order valence-corrected chi connectivity index (χ3v) is 4.77. The van der Waals surface area contributed by atoms with E-state index in [1.54, 1.807) is 0 Å². The largest absolute Gasteiger partial charge is 0.451 e. The van der Waals surface area contributed by atoms with E-state index in [-0.39, 0.29) is 0 Å². The highest BCUT2D eigenvalue weighted by Gasteiger charge is 2.06. The molecule has 1 heterocycles. The van der Waals surface area contributed by atoms with Crippen LogP contribution in [0.4, 0.5) is 5.69 Å². The van der Waals surface area contributed by atoms with Crippen molar-refractivity contribution in [2.24, 2.45) is 0 Å². The van der Waals surface area contributed by atoms with Gasteiger partial charge in [0.15, 0.2) is 4.67 Å². The lowest BCUT2D eigenvalue weighted by atomic mass is 10.3. The van der Waals surface area contributed by atoms with Crippen molar-refractivity contribution in [2.75, 3.05) is 5.32 Å². The molecule has 1 N–H and O–H groups in total. The molecule has 0 saturated heterocycles. The molecule has 6 heteroatoms. The number of nitrogens with one attached hydrogen (secondary N) is 1. The molecule has 0 spiro atoms. The Labute approximate surface area is 134 Å². The van der Waals surface area contributed by atoms with Crippen LogP contribution in [0.2, 0.25) is 5.02 Å². The van der Waals surface area contributed by atoms with Crippen LogP contribution in [0.1, 0.15) is 5.76 Å². The fraction of sp³-hybridized carbons (Fsp3) is 0.0909. The van der Waals surface area contributed by atoms with Crippen LogP contribution < -0.4 is 5.32 Å². The maximum absolute atomic E-state index is 6.12. The molecule has 0 aliphatic heterocycles.